The quantitative estimate of drug-likeness (QED) is 0.162. The summed E-state index contributed by atoms with van der Waals surface area (Å²) in [6, 6.07) is 6.47. The van der Waals surface area contributed by atoms with E-state index in [1.165, 1.54) is 37.0 Å². The van der Waals surface area contributed by atoms with E-state index in [4.69, 9.17) is 10.8 Å². The molecule has 42 heavy (non-hydrogen) atoms. The molecule has 1 aromatic carbocycles. The number of aromatic nitrogens is 8. The number of anilines is 5. The van der Waals surface area contributed by atoms with Crippen LogP contribution in [0.4, 0.5) is 29.2 Å². The fourth-order valence-electron chi connectivity index (χ4n) is 3.90. The molecular formula is C25H24N13O4+. The molecule has 0 aliphatic rings. The molecule has 0 aliphatic carbocycles. The van der Waals surface area contributed by atoms with Crippen LogP contribution in [0.5, 0.6) is 0 Å². The van der Waals surface area contributed by atoms with E-state index in [0.29, 0.717) is 23.1 Å². The second-order valence-corrected chi connectivity index (χ2v) is 9.06. The van der Waals surface area contributed by atoms with Gasteiger partial charge >= 0.3 is 12.3 Å². The minimum absolute atomic E-state index is 0.0113. The number of hydrogen-bond acceptors (Lipinski definition) is 13. The molecular weight excluding hydrogens is 546 g/mol. The number of nitrogens with zero attached hydrogens (tertiary/aromatic N) is 9. The predicted molar refractivity (Wildman–Crippen MR) is 150 cm³/mol. The van der Waals surface area contributed by atoms with Gasteiger partial charge in [-0.25, -0.2) is 14.8 Å². The van der Waals surface area contributed by atoms with Crippen molar-refractivity contribution in [3.8, 4) is 0 Å². The van der Waals surface area contributed by atoms with Gasteiger partial charge in [-0.1, -0.05) is 0 Å². The van der Waals surface area contributed by atoms with E-state index >= 15 is 0 Å². The lowest BCUT2D eigenvalue weighted by molar-refractivity contribution is -0.645. The largest absolute Gasteiger partial charge is 0.478 e. The van der Waals surface area contributed by atoms with Gasteiger partial charge in [-0.2, -0.15) is 25.4 Å². The van der Waals surface area contributed by atoms with Crippen molar-refractivity contribution < 1.29 is 24.2 Å². The number of carbonyl (C=O) groups is 3. The Balaban J connectivity index is 1.39. The minimum atomic E-state index is -0.995. The summed E-state index contributed by atoms with van der Waals surface area (Å²) in [5.41, 5.74) is 11.5. The number of aromatic carboxylic acids is 1. The van der Waals surface area contributed by atoms with E-state index in [9.17, 15) is 14.4 Å². The SMILES string of the molecule is CC(=O)Nc1nc(NC(C)=O)c2c[n+](Nc3nc(N)c4nc(CN(C)c5ccc(C(=O)O)cc5)cnc4n3)cnc2n1. The molecule has 0 spiro atoms. The van der Waals surface area contributed by atoms with Gasteiger partial charge in [-0.15, -0.1) is 4.68 Å². The minimum Gasteiger partial charge on any atom is -0.478 e. The number of nitrogens with one attached hydrogen (secondary N) is 3. The lowest BCUT2D eigenvalue weighted by Gasteiger charge is -2.19. The van der Waals surface area contributed by atoms with E-state index < -0.39 is 5.97 Å². The monoisotopic (exact) mass is 570 g/mol. The third-order valence-corrected chi connectivity index (χ3v) is 5.75. The highest BCUT2D eigenvalue weighted by Gasteiger charge is 2.18. The van der Waals surface area contributed by atoms with Crippen LogP contribution in [0.2, 0.25) is 0 Å². The molecule has 0 bridgehead atoms. The molecule has 5 aromatic rings. The maximum atomic E-state index is 11.7. The molecule has 0 radical (unpaired) electrons. The van der Waals surface area contributed by atoms with Gasteiger partial charge in [0.1, 0.15) is 11.6 Å². The Kier molecular flexibility index (Phi) is 7.29. The van der Waals surface area contributed by atoms with Gasteiger partial charge in [-0.05, 0) is 29.2 Å². The topological polar surface area (TPSA) is 231 Å². The van der Waals surface area contributed by atoms with Crippen molar-refractivity contribution in [2.45, 2.75) is 20.4 Å². The fourth-order valence-corrected chi connectivity index (χ4v) is 3.90. The summed E-state index contributed by atoms with van der Waals surface area (Å²) >= 11 is 0. The standard InChI is InChI=1S/C25H23N13O4/c1-12(39)29-21-17-10-38(11-28-20(17)33-24(34-21)30-13(2)40)36-25-32-19(26)18-22(35-25)27-8-15(31-18)9-37(3)16-6-4-14(5-7-16)23(41)42/h4-8,10-11H,9H2,1-3H3,(H5,26,27,29,30,32,34,35,36,39,40,41,42)/p+1. The zero-order valence-electron chi connectivity index (χ0n) is 22.5. The third-order valence-electron chi connectivity index (χ3n) is 5.75. The number of carboxylic acids is 1. The summed E-state index contributed by atoms with van der Waals surface area (Å²) in [6.45, 7) is 3.00. The maximum Gasteiger partial charge on any atom is 0.335 e. The van der Waals surface area contributed by atoms with Crippen LogP contribution in [0.25, 0.3) is 22.2 Å². The van der Waals surface area contributed by atoms with Crippen LogP contribution in [-0.4, -0.2) is 64.8 Å². The van der Waals surface area contributed by atoms with Crippen LogP contribution in [-0.2, 0) is 16.1 Å². The molecule has 17 nitrogen and oxygen atoms in total. The molecule has 5 rings (SSSR count). The average molecular weight is 571 g/mol. The van der Waals surface area contributed by atoms with Gasteiger partial charge in [0.15, 0.2) is 22.8 Å². The average Bonchev–Trinajstić information content (AvgIpc) is 2.93. The zero-order chi connectivity index (χ0) is 30.0. The Morgan fingerprint density at radius 3 is 2.33 bits per heavy atom. The first-order valence-corrected chi connectivity index (χ1v) is 12.3. The number of carboxylic acid groups (broad SMARTS) is 1. The number of rotatable bonds is 8. The number of hydrogen-bond donors (Lipinski definition) is 5. The van der Waals surface area contributed by atoms with Crippen molar-refractivity contribution >= 4 is 69.2 Å². The number of nitrogens with two attached hydrogens (primary N) is 1. The number of carbonyl (C=O) groups excluding carboxylic acids is 2. The van der Waals surface area contributed by atoms with Gasteiger partial charge in [0.25, 0.3) is 11.6 Å². The van der Waals surface area contributed by atoms with Crippen molar-refractivity contribution in [3.63, 3.8) is 0 Å². The van der Waals surface area contributed by atoms with E-state index in [2.05, 4.69) is 50.9 Å². The molecule has 0 saturated carbocycles. The molecule has 2 amide bonds. The highest BCUT2D eigenvalue weighted by molar-refractivity contribution is 5.98. The van der Waals surface area contributed by atoms with Crippen LogP contribution < -0.4 is 31.4 Å². The number of fused-ring (bicyclic) bond motifs is 2. The summed E-state index contributed by atoms with van der Waals surface area (Å²) in [4.78, 5) is 66.5. The highest BCUT2D eigenvalue weighted by atomic mass is 16.4. The Labute approximate surface area is 236 Å². The maximum absolute atomic E-state index is 11.7. The van der Waals surface area contributed by atoms with Crippen molar-refractivity contribution in [3.05, 3.63) is 54.2 Å². The lowest BCUT2D eigenvalue weighted by atomic mass is 10.2. The molecule has 6 N–H and O–H groups in total. The van der Waals surface area contributed by atoms with E-state index in [1.807, 2.05) is 11.9 Å². The third kappa shape index (κ3) is 6.03. The summed E-state index contributed by atoms with van der Waals surface area (Å²) in [5, 5.41) is 14.5. The first-order valence-electron chi connectivity index (χ1n) is 12.3. The van der Waals surface area contributed by atoms with E-state index in [-0.39, 0.29) is 52.2 Å². The number of amides is 2. The summed E-state index contributed by atoms with van der Waals surface area (Å²) in [5.74, 6) is -1.44. The van der Waals surface area contributed by atoms with Gasteiger partial charge < -0.3 is 21.1 Å². The summed E-state index contributed by atoms with van der Waals surface area (Å²) in [6.07, 6.45) is 4.51. The fraction of sp³-hybridized carbons (Fsp3) is 0.160. The molecule has 0 saturated heterocycles. The van der Waals surface area contributed by atoms with Crippen LogP contribution >= 0.6 is 0 Å². The van der Waals surface area contributed by atoms with Crippen LogP contribution in [0.1, 0.15) is 29.9 Å². The second-order valence-electron chi connectivity index (χ2n) is 9.06. The highest BCUT2D eigenvalue weighted by Crippen LogP contribution is 2.21. The Morgan fingerprint density at radius 1 is 0.929 bits per heavy atom. The van der Waals surface area contributed by atoms with E-state index in [0.717, 1.165) is 5.69 Å². The first kappa shape index (κ1) is 27.4. The normalized spacial score (nSPS) is 10.8. The summed E-state index contributed by atoms with van der Waals surface area (Å²) in [7, 11) is 1.84. The smallest absolute Gasteiger partial charge is 0.335 e. The van der Waals surface area contributed by atoms with Crippen LogP contribution in [0.3, 0.4) is 0 Å². The van der Waals surface area contributed by atoms with Crippen LogP contribution in [0, 0.1) is 0 Å². The van der Waals surface area contributed by atoms with Crippen molar-refractivity contribution in [1.82, 2.24) is 34.9 Å². The van der Waals surface area contributed by atoms with Gasteiger partial charge in [0.2, 0.25) is 17.8 Å². The molecule has 0 fully saturated rings. The molecule has 0 atom stereocenters. The molecule has 4 aromatic heterocycles. The first-order chi connectivity index (χ1) is 20.0. The Bertz CT molecular complexity index is 1860. The molecule has 212 valence electrons. The van der Waals surface area contributed by atoms with Crippen LogP contribution in [0.15, 0.2) is 43.0 Å². The molecule has 17 heteroatoms. The molecule has 0 aliphatic heterocycles. The van der Waals surface area contributed by atoms with Gasteiger partial charge in [0.05, 0.1) is 24.0 Å². The van der Waals surface area contributed by atoms with Gasteiger partial charge in [-0.3, -0.25) is 14.9 Å². The van der Waals surface area contributed by atoms with Crippen molar-refractivity contribution in [2.75, 3.05) is 33.7 Å². The van der Waals surface area contributed by atoms with E-state index in [1.54, 1.807) is 24.5 Å². The summed E-state index contributed by atoms with van der Waals surface area (Å²) < 4.78 is 1.42. The zero-order valence-corrected chi connectivity index (χ0v) is 22.5. The Hall–Kier alpha value is -6.13. The lowest BCUT2D eigenvalue weighted by Crippen LogP contribution is -2.43. The van der Waals surface area contributed by atoms with Crippen molar-refractivity contribution in [2.24, 2.45) is 0 Å². The molecule has 0 unspecified atom stereocenters. The second kappa shape index (κ2) is 11.2. The molecule has 4 heterocycles. The number of nitrogen functional groups attached to an aromatic ring is 1. The predicted octanol–water partition coefficient (Wildman–Crippen LogP) is 0.754. The van der Waals surface area contributed by atoms with Crippen molar-refractivity contribution in [1.29, 1.82) is 0 Å². The Morgan fingerprint density at radius 2 is 1.64 bits per heavy atom. The van der Waals surface area contributed by atoms with Gasteiger partial charge in [0, 0.05) is 26.6 Å². The number of benzene rings is 1.